The Morgan fingerprint density at radius 2 is 1.50 bits per heavy atom. The van der Waals surface area contributed by atoms with Crippen molar-refractivity contribution < 1.29 is 14.0 Å². The van der Waals surface area contributed by atoms with E-state index in [1.807, 2.05) is 48.5 Å². The SMILES string of the molecule is O=C1C(Nc2cccc3ccccc23)=C(c2ccccc2)C(=O)N1c1ccc(F)c(Cl)c1. The van der Waals surface area contributed by atoms with E-state index < -0.39 is 17.6 Å². The topological polar surface area (TPSA) is 49.4 Å². The predicted octanol–water partition coefficient (Wildman–Crippen LogP) is 6.03. The van der Waals surface area contributed by atoms with Crippen LogP contribution < -0.4 is 10.2 Å². The molecule has 4 nitrogen and oxygen atoms in total. The quantitative estimate of drug-likeness (QED) is 0.393. The number of carbonyl (C=O) groups is 2. The molecular formula is C26H16ClFN2O2. The van der Waals surface area contributed by atoms with Gasteiger partial charge in [-0.2, -0.15) is 0 Å². The van der Waals surface area contributed by atoms with Gasteiger partial charge >= 0.3 is 0 Å². The largest absolute Gasteiger partial charge is 0.350 e. The zero-order chi connectivity index (χ0) is 22.2. The Hall–Kier alpha value is -3.96. The van der Waals surface area contributed by atoms with E-state index in [0.717, 1.165) is 21.7 Å². The van der Waals surface area contributed by atoms with Gasteiger partial charge < -0.3 is 5.32 Å². The molecule has 0 saturated carbocycles. The minimum Gasteiger partial charge on any atom is -0.350 e. The lowest BCUT2D eigenvalue weighted by atomic mass is 10.0. The van der Waals surface area contributed by atoms with E-state index in [2.05, 4.69) is 5.32 Å². The van der Waals surface area contributed by atoms with E-state index in [1.165, 1.54) is 12.1 Å². The predicted molar refractivity (Wildman–Crippen MR) is 125 cm³/mol. The third-order valence-electron chi connectivity index (χ3n) is 5.36. The molecule has 0 radical (unpaired) electrons. The van der Waals surface area contributed by atoms with Crippen molar-refractivity contribution in [3.8, 4) is 0 Å². The van der Waals surface area contributed by atoms with Crippen LogP contribution in [-0.2, 0) is 9.59 Å². The highest BCUT2D eigenvalue weighted by Gasteiger charge is 2.40. The third-order valence-corrected chi connectivity index (χ3v) is 5.65. The Labute approximate surface area is 188 Å². The number of amides is 2. The Morgan fingerprint density at radius 3 is 2.28 bits per heavy atom. The third kappa shape index (κ3) is 3.33. The van der Waals surface area contributed by atoms with Crippen molar-refractivity contribution >= 4 is 51.1 Å². The fourth-order valence-electron chi connectivity index (χ4n) is 3.85. The molecule has 6 heteroatoms. The standard InChI is InChI=1S/C26H16ClFN2O2/c27-20-15-18(13-14-21(20)28)30-25(31)23(17-8-2-1-3-9-17)24(26(30)32)29-22-12-6-10-16-7-4-5-11-19(16)22/h1-15,29H. The number of nitrogens with one attached hydrogen (secondary N) is 1. The van der Waals surface area contributed by atoms with Crippen LogP contribution in [0.3, 0.4) is 0 Å². The molecule has 0 fully saturated rings. The molecule has 1 aliphatic rings. The molecule has 4 aromatic rings. The molecule has 0 saturated heterocycles. The lowest BCUT2D eigenvalue weighted by Crippen LogP contribution is -2.32. The van der Waals surface area contributed by atoms with Gasteiger partial charge in [0.25, 0.3) is 11.8 Å². The van der Waals surface area contributed by atoms with Crippen LogP contribution in [-0.4, -0.2) is 11.8 Å². The monoisotopic (exact) mass is 442 g/mol. The second-order valence-electron chi connectivity index (χ2n) is 7.31. The lowest BCUT2D eigenvalue weighted by molar-refractivity contribution is -0.120. The minimum absolute atomic E-state index is 0.151. The summed E-state index contributed by atoms with van der Waals surface area (Å²) in [5.41, 5.74) is 1.90. The summed E-state index contributed by atoms with van der Waals surface area (Å²) in [7, 11) is 0. The summed E-state index contributed by atoms with van der Waals surface area (Å²) in [6.45, 7) is 0. The molecule has 4 aromatic carbocycles. The van der Waals surface area contributed by atoms with Crippen LogP contribution in [0.1, 0.15) is 5.56 Å². The van der Waals surface area contributed by atoms with Crippen LogP contribution in [0.2, 0.25) is 5.02 Å². The van der Waals surface area contributed by atoms with Gasteiger partial charge in [0.2, 0.25) is 0 Å². The van der Waals surface area contributed by atoms with Crippen molar-refractivity contribution in [3.05, 3.63) is 113 Å². The molecule has 0 unspecified atom stereocenters. The fraction of sp³-hybridized carbons (Fsp3) is 0. The van der Waals surface area contributed by atoms with Crippen molar-refractivity contribution in [2.24, 2.45) is 0 Å². The van der Waals surface area contributed by atoms with Gasteiger partial charge in [0.05, 0.1) is 16.3 Å². The summed E-state index contributed by atoms with van der Waals surface area (Å²) < 4.78 is 13.7. The van der Waals surface area contributed by atoms with E-state index in [1.54, 1.807) is 24.3 Å². The Kier molecular flexibility index (Phi) is 4.96. The first kappa shape index (κ1) is 20.0. The highest BCUT2D eigenvalue weighted by molar-refractivity contribution is 6.46. The van der Waals surface area contributed by atoms with E-state index in [4.69, 9.17) is 11.6 Å². The molecule has 32 heavy (non-hydrogen) atoms. The second-order valence-corrected chi connectivity index (χ2v) is 7.72. The molecule has 156 valence electrons. The first-order valence-electron chi connectivity index (χ1n) is 9.93. The van der Waals surface area contributed by atoms with Crippen molar-refractivity contribution in [1.82, 2.24) is 0 Å². The zero-order valence-corrected chi connectivity index (χ0v) is 17.4. The average Bonchev–Trinajstić information content (AvgIpc) is 3.06. The average molecular weight is 443 g/mol. The first-order valence-corrected chi connectivity index (χ1v) is 10.3. The van der Waals surface area contributed by atoms with Gasteiger partial charge in [-0.25, -0.2) is 9.29 Å². The van der Waals surface area contributed by atoms with Gasteiger partial charge in [0.15, 0.2) is 0 Å². The summed E-state index contributed by atoms with van der Waals surface area (Å²) >= 11 is 5.92. The van der Waals surface area contributed by atoms with Crippen molar-refractivity contribution in [2.75, 3.05) is 10.2 Å². The van der Waals surface area contributed by atoms with E-state index >= 15 is 0 Å². The molecule has 5 rings (SSSR count). The van der Waals surface area contributed by atoms with Gasteiger partial charge in [-0.05, 0) is 35.2 Å². The maximum atomic E-state index is 13.7. The maximum Gasteiger partial charge on any atom is 0.282 e. The van der Waals surface area contributed by atoms with Crippen LogP contribution in [0.15, 0.2) is 96.7 Å². The summed E-state index contributed by atoms with van der Waals surface area (Å²) in [6, 6.07) is 26.2. The minimum atomic E-state index is -0.625. The van der Waals surface area contributed by atoms with Crippen molar-refractivity contribution in [3.63, 3.8) is 0 Å². The molecule has 1 heterocycles. The number of imide groups is 1. The molecule has 1 aliphatic heterocycles. The Bertz CT molecular complexity index is 1410. The fourth-order valence-corrected chi connectivity index (χ4v) is 4.02. The summed E-state index contributed by atoms with van der Waals surface area (Å²) in [6.07, 6.45) is 0. The number of halogens is 2. The molecule has 0 spiro atoms. The van der Waals surface area contributed by atoms with Gasteiger partial charge in [0, 0.05) is 11.1 Å². The number of hydrogen-bond donors (Lipinski definition) is 1. The summed E-state index contributed by atoms with van der Waals surface area (Å²) in [5, 5.41) is 4.95. The number of anilines is 2. The molecule has 2 amide bonds. The highest BCUT2D eigenvalue weighted by atomic mass is 35.5. The Balaban J connectivity index is 1.65. The van der Waals surface area contributed by atoms with Crippen molar-refractivity contribution in [2.45, 2.75) is 0 Å². The molecule has 1 N–H and O–H groups in total. The molecule has 0 atom stereocenters. The maximum absolute atomic E-state index is 13.7. The summed E-state index contributed by atoms with van der Waals surface area (Å²) in [5.74, 6) is -1.67. The Morgan fingerprint density at radius 1 is 0.781 bits per heavy atom. The number of carbonyl (C=O) groups excluding carboxylic acids is 2. The second kappa shape index (κ2) is 7.94. The molecule has 0 bridgehead atoms. The molecular weight excluding hydrogens is 427 g/mol. The molecule has 0 aromatic heterocycles. The van der Waals surface area contributed by atoms with Gasteiger partial charge in [0.1, 0.15) is 11.5 Å². The zero-order valence-electron chi connectivity index (χ0n) is 16.7. The van der Waals surface area contributed by atoms with E-state index in [0.29, 0.717) is 11.3 Å². The molecule has 0 aliphatic carbocycles. The van der Waals surface area contributed by atoms with Crippen LogP contribution >= 0.6 is 11.6 Å². The van der Waals surface area contributed by atoms with Gasteiger partial charge in [-0.15, -0.1) is 0 Å². The van der Waals surface area contributed by atoms with Crippen LogP contribution in [0.5, 0.6) is 0 Å². The smallest absolute Gasteiger partial charge is 0.282 e. The van der Waals surface area contributed by atoms with Crippen LogP contribution in [0, 0.1) is 5.82 Å². The number of nitrogens with zero attached hydrogens (tertiary/aromatic N) is 1. The summed E-state index contributed by atoms with van der Waals surface area (Å²) in [4.78, 5) is 27.9. The van der Waals surface area contributed by atoms with Crippen LogP contribution in [0.4, 0.5) is 15.8 Å². The lowest BCUT2D eigenvalue weighted by Gasteiger charge is -2.16. The number of fused-ring (bicyclic) bond motifs is 1. The van der Waals surface area contributed by atoms with E-state index in [9.17, 15) is 14.0 Å². The van der Waals surface area contributed by atoms with Crippen LogP contribution in [0.25, 0.3) is 16.3 Å². The number of hydrogen-bond acceptors (Lipinski definition) is 3. The first-order chi connectivity index (χ1) is 15.5. The van der Waals surface area contributed by atoms with Gasteiger partial charge in [-0.3, -0.25) is 9.59 Å². The highest BCUT2D eigenvalue weighted by Crippen LogP contribution is 2.36. The van der Waals surface area contributed by atoms with Crippen molar-refractivity contribution in [1.29, 1.82) is 0 Å². The normalized spacial score (nSPS) is 13.9. The number of benzene rings is 4. The van der Waals surface area contributed by atoms with E-state index in [-0.39, 0.29) is 22.0 Å². The van der Waals surface area contributed by atoms with Gasteiger partial charge in [-0.1, -0.05) is 78.3 Å². The number of rotatable bonds is 4.